The van der Waals surface area contributed by atoms with Gasteiger partial charge in [-0.25, -0.2) is 4.79 Å². The third-order valence-electron chi connectivity index (χ3n) is 4.58. The van der Waals surface area contributed by atoms with Crippen LogP contribution in [0.2, 0.25) is 10.0 Å². The van der Waals surface area contributed by atoms with Gasteiger partial charge in [0.1, 0.15) is 0 Å². The van der Waals surface area contributed by atoms with E-state index in [4.69, 9.17) is 23.2 Å². The highest BCUT2D eigenvalue weighted by Crippen LogP contribution is 2.20. The summed E-state index contributed by atoms with van der Waals surface area (Å²) < 4.78 is 0. The van der Waals surface area contributed by atoms with E-state index in [1.165, 1.54) is 5.69 Å². The maximum absolute atomic E-state index is 11.9. The molecule has 0 atom stereocenters. The summed E-state index contributed by atoms with van der Waals surface area (Å²) in [5, 5.41) is 7.11. The van der Waals surface area contributed by atoms with Crippen LogP contribution in [-0.2, 0) is 0 Å². The lowest BCUT2D eigenvalue weighted by Crippen LogP contribution is -2.47. The lowest BCUT2D eigenvalue weighted by Gasteiger charge is -2.36. The Balaban J connectivity index is 1.31. The number of hydrogen-bond donors (Lipinski definition) is 2. The van der Waals surface area contributed by atoms with E-state index in [0.29, 0.717) is 11.6 Å². The van der Waals surface area contributed by atoms with Gasteiger partial charge in [-0.1, -0.05) is 29.3 Å². The molecule has 2 N–H and O–H groups in total. The molecule has 2 aromatic carbocycles. The largest absolute Gasteiger partial charge is 0.369 e. The van der Waals surface area contributed by atoms with E-state index >= 15 is 0 Å². The fraction of sp³-hybridized carbons (Fsp3) is 0.350. The van der Waals surface area contributed by atoms with Crippen molar-refractivity contribution in [2.24, 2.45) is 0 Å². The van der Waals surface area contributed by atoms with Crippen molar-refractivity contribution in [3.63, 3.8) is 0 Å². The molecule has 0 aromatic heterocycles. The number of rotatable bonds is 6. The zero-order valence-corrected chi connectivity index (χ0v) is 16.6. The van der Waals surface area contributed by atoms with E-state index in [0.717, 1.165) is 49.9 Å². The minimum absolute atomic E-state index is 0.192. The second-order valence-electron chi connectivity index (χ2n) is 6.55. The Labute approximate surface area is 170 Å². The molecular weight excluding hydrogens is 383 g/mol. The number of carbonyl (C=O) groups is 1. The molecule has 1 saturated heterocycles. The second kappa shape index (κ2) is 9.83. The fourth-order valence-corrected chi connectivity index (χ4v) is 3.43. The molecule has 1 fully saturated rings. The van der Waals surface area contributed by atoms with Crippen LogP contribution in [-0.4, -0.2) is 50.2 Å². The van der Waals surface area contributed by atoms with E-state index in [1.54, 1.807) is 24.3 Å². The predicted molar refractivity (Wildman–Crippen MR) is 113 cm³/mol. The van der Waals surface area contributed by atoms with Crippen LogP contribution in [0.1, 0.15) is 6.42 Å². The Morgan fingerprint density at radius 3 is 2.41 bits per heavy atom. The van der Waals surface area contributed by atoms with Gasteiger partial charge < -0.3 is 15.5 Å². The van der Waals surface area contributed by atoms with Crippen LogP contribution in [0.5, 0.6) is 0 Å². The molecule has 144 valence electrons. The Bertz CT molecular complexity index is 746. The lowest BCUT2D eigenvalue weighted by atomic mass is 10.2. The number of benzene rings is 2. The molecule has 1 heterocycles. The highest BCUT2D eigenvalue weighted by atomic mass is 35.5. The monoisotopic (exact) mass is 406 g/mol. The Morgan fingerprint density at radius 1 is 0.963 bits per heavy atom. The number of anilines is 2. The van der Waals surface area contributed by atoms with Crippen molar-refractivity contribution in [2.45, 2.75) is 6.42 Å². The molecule has 3 rings (SSSR count). The molecule has 1 aliphatic heterocycles. The van der Waals surface area contributed by atoms with Crippen LogP contribution < -0.4 is 15.5 Å². The van der Waals surface area contributed by atoms with Gasteiger partial charge in [-0.15, -0.1) is 0 Å². The topological polar surface area (TPSA) is 47.6 Å². The molecule has 0 radical (unpaired) electrons. The van der Waals surface area contributed by atoms with Gasteiger partial charge in [-0.05, 0) is 55.4 Å². The van der Waals surface area contributed by atoms with E-state index < -0.39 is 0 Å². The Morgan fingerprint density at radius 2 is 1.70 bits per heavy atom. The lowest BCUT2D eigenvalue weighted by molar-refractivity contribution is 0.244. The first kappa shape index (κ1) is 19.8. The highest BCUT2D eigenvalue weighted by Gasteiger charge is 2.16. The van der Waals surface area contributed by atoms with Gasteiger partial charge in [-0.2, -0.15) is 0 Å². The van der Waals surface area contributed by atoms with Gasteiger partial charge in [0.15, 0.2) is 0 Å². The molecule has 5 nitrogen and oxygen atoms in total. The number of amides is 2. The predicted octanol–water partition coefficient (Wildman–Crippen LogP) is 4.33. The summed E-state index contributed by atoms with van der Waals surface area (Å²) >= 11 is 11.9. The molecule has 1 aliphatic rings. The zero-order valence-electron chi connectivity index (χ0n) is 15.1. The number of nitrogens with zero attached hydrogens (tertiary/aromatic N) is 2. The maximum atomic E-state index is 11.9. The van der Waals surface area contributed by atoms with Crippen molar-refractivity contribution in [1.82, 2.24) is 10.2 Å². The van der Waals surface area contributed by atoms with Gasteiger partial charge >= 0.3 is 6.03 Å². The smallest absolute Gasteiger partial charge is 0.319 e. The Kier molecular flexibility index (Phi) is 7.21. The van der Waals surface area contributed by atoms with Gasteiger partial charge in [0, 0.05) is 54.1 Å². The van der Waals surface area contributed by atoms with Crippen LogP contribution >= 0.6 is 23.2 Å². The zero-order chi connectivity index (χ0) is 19.1. The normalized spacial score (nSPS) is 14.8. The molecule has 2 amide bonds. The summed E-state index contributed by atoms with van der Waals surface area (Å²) in [5.74, 6) is 0. The van der Waals surface area contributed by atoms with Gasteiger partial charge in [-0.3, -0.25) is 4.90 Å². The number of piperazine rings is 1. The van der Waals surface area contributed by atoms with Crippen molar-refractivity contribution in [2.75, 3.05) is 49.5 Å². The van der Waals surface area contributed by atoms with Crippen LogP contribution in [0.25, 0.3) is 0 Å². The average Bonchev–Trinajstić information content (AvgIpc) is 2.68. The first-order valence-corrected chi connectivity index (χ1v) is 9.89. The summed E-state index contributed by atoms with van der Waals surface area (Å²) in [6.45, 7) is 5.64. The fourth-order valence-electron chi connectivity index (χ4n) is 3.12. The molecule has 0 unspecified atom stereocenters. The maximum Gasteiger partial charge on any atom is 0.319 e. The number of nitrogens with one attached hydrogen (secondary N) is 2. The van der Waals surface area contributed by atoms with Gasteiger partial charge in [0.05, 0.1) is 0 Å². The molecule has 27 heavy (non-hydrogen) atoms. The molecule has 0 saturated carbocycles. The van der Waals surface area contributed by atoms with Gasteiger partial charge in [0.25, 0.3) is 0 Å². The van der Waals surface area contributed by atoms with Crippen LogP contribution in [0, 0.1) is 0 Å². The van der Waals surface area contributed by atoms with Crippen molar-refractivity contribution in [3.05, 3.63) is 58.6 Å². The quantitative estimate of drug-likeness (QED) is 0.701. The third-order valence-corrected chi connectivity index (χ3v) is 5.07. The van der Waals surface area contributed by atoms with Gasteiger partial charge in [0.2, 0.25) is 0 Å². The number of hydrogen-bond acceptors (Lipinski definition) is 3. The van der Waals surface area contributed by atoms with Crippen molar-refractivity contribution in [1.29, 1.82) is 0 Å². The first-order valence-electron chi connectivity index (χ1n) is 9.13. The molecule has 0 bridgehead atoms. The molecule has 0 aliphatic carbocycles. The van der Waals surface area contributed by atoms with E-state index in [-0.39, 0.29) is 6.03 Å². The average molecular weight is 407 g/mol. The third kappa shape index (κ3) is 6.31. The molecule has 0 spiro atoms. The number of halogens is 2. The SMILES string of the molecule is O=C(NCCCN1CCN(c2cccc(Cl)c2)CC1)Nc1ccc(Cl)cc1. The van der Waals surface area contributed by atoms with E-state index in [1.807, 2.05) is 18.2 Å². The molecule has 7 heteroatoms. The highest BCUT2D eigenvalue weighted by molar-refractivity contribution is 6.31. The van der Waals surface area contributed by atoms with Crippen molar-refractivity contribution in [3.8, 4) is 0 Å². The van der Waals surface area contributed by atoms with Crippen LogP contribution in [0.4, 0.5) is 16.2 Å². The minimum Gasteiger partial charge on any atom is -0.369 e. The van der Waals surface area contributed by atoms with Crippen molar-refractivity contribution >= 4 is 40.6 Å². The second-order valence-corrected chi connectivity index (χ2v) is 7.42. The number of urea groups is 1. The Hall–Kier alpha value is -1.95. The van der Waals surface area contributed by atoms with Crippen LogP contribution in [0.15, 0.2) is 48.5 Å². The summed E-state index contributed by atoms with van der Waals surface area (Å²) in [6.07, 6.45) is 0.922. The molecule has 2 aromatic rings. The van der Waals surface area contributed by atoms with E-state index in [9.17, 15) is 4.79 Å². The van der Waals surface area contributed by atoms with Crippen LogP contribution in [0.3, 0.4) is 0 Å². The summed E-state index contributed by atoms with van der Waals surface area (Å²) in [7, 11) is 0. The first-order chi connectivity index (χ1) is 13.1. The minimum atomic E-state index is -0.192. The molecular formula is C20H24Cl2N4O. The van der Waals surface area contributed by atoms with E-state index in [2.05, 4.69) is 26.5 Å². The summed E-state index contributed by atoms with van der Waals surface area (Å²) in [4.78, 5) is 16.7. The standard InChI is InChI=1S/C20H24Cl2N4O/c21-16-5-7-18(8-6-16)24-20(27)23-9-2-10-25-11-13-26(14-12-25)19-4-1-3-17(22)15-19/h1,3-8,15H,2,9-14H2,(H2,23,24,27). The van der Waals surface area contributed by atoms with Crippen molar-refractivity contribution < 1.29 is 4.79 Å². The summed E-state index contributed by atoms with van der Waals surface area (Å²) in [5.41, 5.74) is 1.91. The number of carbonyl (C=O) groups excluding carboxylic acids is 1. The summed E-state index contributed by atoms with van der Waals surface area (Å²) in [6, 6.07) is 14.9.